The van der Waals surface area contributed by atoms with E-state index < -0.39 is 5.97 Å². The number of rotatable bonds is 9. The Balaban J connectivity index is 3.11. The molecule has 0 atom stereocenters. The van der Waals surface area contributed by atoms with Crippen LogP contribution in [0.5, 0.6) is 0 Å². The number of carbonyl (C=O) groups is 2. The van der Waals surface area contributed by atoms with Gasteiger partial charge in [-0.2, -0.15) is 0 Å². The summed E-state index contributed by atoms with van der Waals surface area (Å²) in [6.07, 6.45) is 5.31. The topological polar surface area (TPSA) is 66.4 Å². The average Bonchev–Trinajstić information content (AvgIpc) is 2.16. The van der Waals surface area contributed by atoms with Gasteiger partial charge in [0.1, 0.15) is 0 Å². The van der Waals surface area contributed by atoms with Crippen LogP contribution in [0.3, 0.4) is 0 Å². The molecule has 0 heterocycles. The summed E-state index contributed by atoms with van der Waals surface area (Å²) in [6, 6.07) is 0. The first-order chi connectivity index (χ1) is 7.16. The number of hydrogen-bond acceptors (Lipinski definition) is 2. The molecule has 88 valence electrons. The maximum absolute atomic E-state index is 11.0. The van der Waals surface area contributed by atoms with Crippen molar-refractivity contribution in [3.63, 3.8) is 0 Å². The number of unbranched alkanes of at least 4 members (excludes halogenated alkanes) is 3. The van der Waals surface area contributed by atoms with E-state index in [0.717, 1.165) is 32.1 Å². The van der Waals surface area contributed by atoms with Crippen LogP contribution >= 0.6 is 0 Å². The summed E-state index contributed by atoms with van der Waals surface area (Å²) in [7, 11) is 0. The fraction of sp³-hybridized carbons (Fsp3) is 0.818. The predicted molar refractivity (Wildman–Crippen MR) is 58.6 cm³/mol. The smallest absolute Gasteiger partial charge is 0.303 e. The Morgan fingerprint density at radius 3 is 2.33 bits per heavy atom. The van der Waals surface area contributed by atoms with Crippen LogP contribution in [0, 0.1) is 0 Å². The molecule has 1 amide bonds. The van der Waals surface area contributed by atoms with E-state index in [-0.39, 0.29) is 12.3 Å². The fourth-order valence-corrected chi connectivity index (χ4v) is 1.30. The van der Waals surface area contributed by atoms with Crippen molar-refractivity contribution in [1.29, 1.82) is 0 Å². The molecule has 0 aliphatic rings. The summed E-state index contributed by atoms with van der Waals surface area (Å²) in [4.78, 5) is 21.2. The number of carbonyl (C=O) groups excluding carboxylic acids is 1. The lowest BCUT2D eigenvalue weighted by Crippen LogP contribution is -2.23. The predicted octanol–water partition coefficient (Wildman–Crippen LogP) is 1.94. The maximum atomic E-state index is 11.0. The van der Waals surface area contributed by atoms with E-state index >= 15 is 0 Å². The molecule has 0 rings (SSSR count). The van der Waals surface area contributed by atoms with Gasteiger partial charge in [0.05, 0.1) is 0 Å². The molecule has 0 fully saturated rings. The number of amides is 1. The third kappa shape index (κ3) is 10.9. The Morgan fingerprint density at radius 2 is 1.73 bits per heavy atom. The largest absolute Gasteiger partial charge is 0.481 e. The molecule has 0 spiro atoms. The van der Waals surface area contributed by atoms with Gasteiger partial charge in [-0.05, 0) is 19.3 Å². The molecule has 0 aromatic heterocycles. The van der Waals surface area contributed by atoms with Crippen LogP contribution in [0.4, 0.5) is 0 Å². The average molecular weight is 215 g/mol. The Morgan fingerprint density at radius 1 is 1.07 bits per heavy atom. The summed E-state index contributed by atoms with van der Waals surface area (Å²) in [6.45, 7) is 2.69. The quantitative estimate of drug-likeness (QED) is 0.578. The highest BCUT2D eigenvalue weighted by molar-refractivity contribution is 5.75. The van der Waals surface area contributed by atoms with Crippen molar-refractivity contribution in [1.82, 2.24) is 5.32 Å². The molecule has 0 radical (unpaired) electrons. The minimum absolute atomic E-state index is 0.114. The van der Waals surface area contributed by atoms with Crippen LogP contribution in [-0.4, -0.2) is 23.5 Å². The lowest BCUT2D eigenvalue weighted by Gasteiger charge is -2.03. The zero-order valence-corrected chi connectivity index (χ0v) is 9.42. The van der Waals surface area contributed by atoms with Crippen LogP contribution in [0.1, 0.15) is 51.9 Å². The fourth-order valence-electron chi connectivity index (χ4n) is 1.30. The highest BCUT2D eigenvalue weighted by atomic mass is 16.4. The first kappa shape index (κ1) is 13.9. The van der Waals surface area contributed by atoms with Gasteiger partial charge in [-0.15, -0.1) is 0 Å². The van der Waals surface area contributed by atoms with Crippen LogP contribution in [0.2, 0.25) is 0 Å². The Bertz CT molecular complexity index is 192. The maximum Gasteiger partial charge on any atom is 0.303 e. The summed E-state index contributed by atoms with van der Waals surface area (Å²) in [5.41, 5.74) is 0. The third-order valence-corrected chi connectivity index (χ3v) is 2.12. The Kier molecular flexibility index (Phi) is 8.82. The molecule has 0 saturated heterocycles. The molecule has 4 nitrogen and oxygen atoms in total. The van der Waals surface area contributed by atoms with Gasteiger partial charge < -0.3 is 10.4 Å². The van der Waals surface area contributed by atoms with Crippen molar-refractivity contribution < 1.29 is 14.7 Å². The van der Waals surface area contributed by atoms with E-state index in [1.54, 1.807) is 0 Å². The molecule has 2 N–H and O–H groups in total. The van der Waals surface area contributed by atoms with Gasteiger partial charge >= 0.3 is 5.97 Å². The normalized spacial score (nSPS) is 9.93. The molecular weight excluding hydrogens is 194 g/mol. The molecule has 0 aromatic rings. The van der Waals surface area contributed by atoms with Crippen LogP contribution in [0.15, 0.2) is 0 Å². The lowest BCUT2D eigenvalue weighted by molar-refractivity contribution is -0.137. The van der Waals surface area contributed by atoms with Crippen molar-refractivity contribution in [2.45, 2.75) is 51.9 Å². The first-order valence-corrected chi connectivity index (χ1v) is 5.65. The number of carboxylic acids is 1. The van der Waals surface area contributed by atoms with Crippen LogP contribution in [0.25, 0.3) is 0 Å². The monoisotopic (exact) mass is 215 g/mol. The van der Waals surface area contributed by atoms with Gasteiger partial charge in [0, 0.05) is 19.4 Å². The van der Waals surface area contributed by atoms with E-state index in [0.29, 0.717) is 13.0 Å². The first-order valence-electron chi connectivity index (χ1n) is 5.65. The second-order valence-electron chi connectivity index (χ2n) is 3.66. The van der Waals surface area contributed by atoms with Crippen molar-refractivity contribution in [3.8, 4) is 0 Å². The van der Waals surface area contributed by atoms with Gasteiger partial charge in [0.15, 0.2) is 0 Å². The molecule has 15 heavy (non-hydrogen) atoms. The number of nitrogens with one attached hydrogen (secondary N) is 1. The zero-order valence-electron chi connectivity index (χ0n) is 9.42. The van der Waals surface area contributed by atoms with Crippen molar-refractivity contribution >= 4 is 11.9 Å². The summed E-state index contributed by atoms with van der Waals surface area (Å²) in [5, 5.41) is 11.2. The van der Waals surface area contributed by atoms with Crippen LogP contribution in [-0.2, 0) is 9.59 Å². The Labute approximate surface area is 91.1 Å². The molecule has 0 aliphatic carbocycles. The number of aliphatic carboxylic acids is 1. The van der Waals surface area contributed by atoms with Crippen molar-refractivity contribution in [2.24, 2.45) is 0 Å². The minimum atomic E-state index is -0.730. The minimum Gasteiger partial charge on any atom is -0.481 e. The molecule has 0 bridgehead atoms. The zero-order chi connectivity index (χ0) is 11.5. The number of carboxylic acid groups (broad SMARTS) is 1. The van der Waals surface area contributed by atoms with Crippen molar-refractivity contribution in [3.05, 3.63) is 0 Å². The SMILES string of the molecule is CCCC(=O)NCCCCCCC(=O)O. The second kappa shape index (κ2) is 9.49. The van der Waals surface area contributed by atoms with Gasteiger partial charge in [-0.1, -0.05) is 19.8 Å². The number of hydrogen-bond donors (Lipinski definition) is 2. The van der Waals surface area contributed by atoms with Crippen molar-refractivity contribution in [2.75, 3.05) is 6.54 Å². The van der Waals surface area contributed by atoms with E-state index in [4.69, 9.17) is 5.11 Å². The molecule has 0 aliphatic heterocycles. The molecular formula is C11H21NO3. The molecule has 4 heteroatoms. The summed E-state index contributed by atoms with van der Waals surface area (Å²) in [5.74, 6) is -0.616. The highest BCUT2D eigenvalue weighted by Gasteiger charge is 1.98. The third-order valence-electron chi connectivity index (χ3n) is 2.12. The molecule has 0 saturated carbocycles. The van der Waals surface area contributed by atoms with Gasteiger partial charge in [-0.3, -0.25) is 9.59 Å². The van der Waals surface area contributed by atoms with E-state index in [9.17, 15) is 9.59 Å². The highest BCUT2D eigenvalue weighted by Crippen LogP contribution is 2.02. The molecule has 0 aromatic carbocycles. The summed E-state index contributed by atoms with van der Waals surface area (Å²) >= 11 is 0. The van der Waals surface area contributed by atoms with E-state index in [1.165, 1.54) is 0 Å². The van der Waals surface area contributed by atoms with E-state index in [1.807, 2.05) is 6.92 Å². The van der Waals surface area contributed by atoms with Gasteiger partial charge in [-0.25, -0.2) is 0 Å². The van der Waals surface area contributed by atoms with Gasteiger partial charge in [0.2, 0.25) is 5.91 Å². The van der Waals surface area contributed by atoms with Gasteiger partial charge in [0.25, 0.3) is 0 Å². The lowest BCUT2D eigenvalue weighted by atomic mass is 10.1. The summed E-state index contributed by atoms with van der Waals surface area (Å²) < 4.78 is 0. The van der Waals surface area contributed by atoms with E-state index in [2.05, 4.69) is 5.32 Å². The van der Waals surface area contributed by atoms with Crippen LogP contribution < -0.4 is 5.32 Å². The standard InChI is InChI=1S/C11H21NO3/c1-2-7-10(13)12-9-6-4-3-5-8-11(14)15/h2-9H2,1H3,(H,12,13)(H,14,15). The second-order valence-corrected chi connectivity index (χ2v) is 3.66. The molecule has 0 unspecified atom stereocenters. The Hall–Kier alpha value is -1.06.